The Morgan fingerprint density at radius 1 is 1.25 bits per heavy atom. The van der Waals surface area contributed by atoms with Gasteiger partial charge in [-0.3, -0.25) is 14.9 Å². The number of imide groups is 1. The standard InChI is InChI=1S/C19H15FN2O6/c20-13-7-11(8-14(21)18(24)25)3-6-15(13)27-12-4-1-10(2-5-12)9-16-17(23)22-19(26)28-16/h1-7,9,14H,8,21H2,(H,24,25)(H,22,23,26)/b16-9+. The number of carboxylic acids is 1. The van der Waals surface area contributed by atoms with Gasteiger partial charge in [-0.1, -0.05) is 18.2 Å². The number of carboxylic acid groups (broad SMARTS) is 1. The molecule has 1 saturated heterocycles. The summed E-state index contributed by atoms with van der Waals surface area (Å²) in [5.74, 6) is -2.28. The third-order valence-electron chi connectivity index (χ3n) is 3.82. The minimum Gasteiger partial charge on any atom is -0.480 e. The predicted octanol–water partition coefficient (Wildman–Crippen LogP) is 2.18. The zero-order valence-electron chi connectivity index (χ0n) is 14.3. The lowest BCUT2D eigenvalue weighted by Crippen LogP contribution is -2.32. The van der Waals surface area contributed by atoms with Crippen molar-refractivity contribution in [3.63, 3.8) is 0 Å². The first-order valence-electron chi connectivity index (χ1n) is 8.11. The molecule has 1 fully saturated rings. The van der Waals surface area contributed by atoms with Gasteiger partial charge in [-0.15, -0.1) is 0 Å². The number of carbonyl (C=O) groups is 3. The van der Waals surface area contributed by atoms with Crippen LogP contribution in [0.3, 0.4) is 0 Å². The Balaban J connectivity index is 1.69. The molecule has 1 unspecified atom stereocenters. The fourth-order valence-corrected chi connectivity index (χ4v) is 2.43. The molecule has 0 bridgehead atoms. The molecule has 8 nitrogen and oxygen atoms in total. The van der Waals surface area contributed by atoms with Crippen molar-refractivity contribution in [3.05, 3.63) is 65.2 Å². The Labute approximate surface area is 158 Å². The van der Waals surface area contributed by atoms with Gasteiger partial charge in [0.15, 0.2) is 17.3 Å². The van der Waals surface area contributed by atoms with E-state index < -0.39 is 29.8 Å². The van der Waals surface area contributed by atoms with Gasteiger partial charge in [-0.2, -0.15) is 0 Å². The van der Waals surface area contributed by atoms with Crippen molar-refractivity contribution in [1.29, 1.82) is 0 Å². The van der Waals surface area contributed by atoms with Crippen molar-refractivity contribution in [2.75, 3.05) is 0 Å². The number of carbonyl (C=O) groups excluding carboxylic acids is 2. The van der Waals surface area contributed by atoms with E-state index in [9.17, 15) is 18.8 Å². The van der Waals surface area contributed by atoms with Gasteiger partial charge < -0.3 is 20.3 Å². The fourth-order valence-electron chi connectivity index (χ4n) is 2.43. The number of nitrogens with two attached hydrogens (primary N) is 1. The molecule has 0 radical (unpaired) electrons. The molecular weight excluding hydrogens is 371 g/mol. The van der Waals surface area contributed by atoms with Crippen LogP contribution in [0.4, 0.5) is 9.18 Å². The Morgan fingerprint density at radius 3 is 2.54 bits per heavy atom. The zero-order chi connectivity index (χ0) is 20.3. The third-order valence-corrected chi connectivity index (χ3v) is 3.82. The summed E-state index contributed by atoms with van der Waals surface area (Å²) in [6.07, 6.45) is 0.540. The van der Waals surface area contributed by atoms with Crippen LogP contribution in [0.2, 0.25) is 0 Å². The monoisotopic (exact) mass is 386 g/mol. The Bertz CT molecular complexity index is 971. The van der Waals surface area contributed by atoms with E-state index in [-0.39, 0.29) is 17.9 Å². The van der Waals surface area contributed by atoms with E-state index in [0.29, 0.717) is 16.9 Å². The molecule has 0 saturated carbocycles. The highest BCUT2D eigenvalue weighted by Crippen LogP contribution is 2.26. The lowest BCUT2D eigenvalue weighted by atomic mass is 10.1. The second-order valence-electron chi connectivity index (χ2n) is 5.94. The topological polar surface area (TPSA) is 128 Å². The van der Waals surface area contributed by atoms with Crippen molar-refractivity contribution in [1.82, 2.24) is 5.32 Å². The highest BCUT2D eigenvalue weighted by molar-refractivity contribution is 6.09. The first kappa shape index (κ1) is 19.1. The molecular formula is C19H15FN2O6. The van der Waals surface area contributed by atoms with Crippen molar-refractivity contribution in [2.24, 2.45) is 5.73 Å². The molecule has 0 spiro atoms. The summed E-state index contributed by atoms with van der Waals surface area (Å²) in [4.78, 5) is 33.2. The lowest BCUT2D eigenvalue weighted by Gasteiger charge is -2.10. The van der Waals surface area contributed by atoms with Crippen LogP contribution < -0.4 is 15.8 Å². The first-order valence-corrected chi connectivity index (χ1v) is 8.11. The van der Waals surface area contributed by atoms with E-state index in [4.69, 9.17) is 20.3 Å². The van der Waals surface area contributed by atoms with E-state index in [1.807, 2.05) is 5.32 Å². The molecule has 1 heterocycles. The molecule has 144 valence electrons. The van der Waals surface area contributed by atoms with Gasteiger partial charge in [0.2, 0.25) is 0 Å². The number of rotatable bonds is 6. The molecule has 4 N–H and O–H groups in total. The van der Waals surface area contributed by atoms with Crippen LogP contribution in [0.1, 0.15) is 11.1 Å². The maximum Gasteiger partial charge on any atom is 0.419 e. The van der Waals surface area contributed by atoms with E-state index in [0.717, 1.165) is 0 Å². The van der Waals surface area contributed by atoms with Crippen LogP contribution in [0.5, 0.6) is 11.5 Å². The van der Waals surface area contributed by atoms with Gasteiger partial charge in [-0.05, 0) is 47.9 Å². The van der Waals surface area contributed by atoms with Crippen molar-refractivity contribution in [2.45, 2.75) is 12.5 Å². The van der Waals surface area contributed by atoms with Crippen LogP contribution in [-0.2, 0) is 20.7 Å². The Kier molecular flexibility index (Phi) is 5.37. The summed E-state index contributed by atoms with van der Waals surface area (Å²) < 4.78 is 24.4. The number of hydrogen-bond donors (Lipinski definition) is 3. The molecule has 9 heteroatoms. The van der Waals surface area contributed by atoms with Crippen LogP contribution >= 0.6 is 0 Å². The summed E-state index contributed by atoms with van der Waals surface area (Å²) >= 11 is 0. The average molecular weight is 386 g/mol. The number of cyclic esters (lactones) is 1. The number of nitrogens with one attached hydrogen (secondary N) is 1. The van der Waals surface area contributed by atoms with Crippen LogP contribution in [0, 0.1) is 5.82 Å². The normalized spacial score (nSPS) is 15.9. The fraction of sp³-hybridized carbons (Fsp3) is 0.105. The van der Waals surface area contributed by atoms with Crippen molar-refractivity contribution < 1.29 is 33.4 Å². The van der Waals surface area contributed by atoms with E-state index in [2.05, 4.69) is 0 Å². The second-order valence-corrected chi connectivity index (χ2v) is 5.94. The van der Waals surface area contributed by atoms with E-state index in [1.165, 1.54) is 24.3 Å². The number of amides is 2. The van der Waals surface area contributed by atoms with Gasteiger partial charge in [-0.25, -0.2) is 9.18 Å². The number of alkyl carbamates (subject to hydrolysis) is 1. The Hall–Kier alpha value is -3.72. The first-order chi connectivity index (χ1) is 13.3. The maximum absolute atomic E-state index is 14.2. The molecule has 1 atom stereocenters. The quantitative estimate of drug-likeness (QED) is 0.649. The lowest BCUT2D eigenvalue weighted by molar-refractivity contribution is -0.138. The predicted molar refractivity (Wildman–Crippen MR) is 94.8 cm³/mol. The van der Waals surface area contributed by atoms with Crippen LogP contribution in [0.25, 0.3) is 6.08 Å². The summed E-state index contributed by atoms with van der Waals surface area (Å²) in [7, 11) is 0. The maximum atomic E-state index is 14.2. The number of ether oxygens (including phenoxy) is 2. The second kappa shape index (κ2) is 7.89. The largest absolute Gasteiger partial charge is 0.480 e. The molecule has 2 aromatic rings. The van der Waals surface area contributed by atoms with Crippen LogP contribution in [-0.4, -0.2) is 29.1 Å². The molecule has 2 aromatic carbocycles. The summed E-state index contributed by atoms with van der Waals surface area (Å²) in [5, 5.41) is 10.8. The minimum absolute atomic E-state index is 0.00590. The van der Waals surface area contributed by atoms with Gasteiger partial charge in [0.05, 0.1) is 0 Å². The van der Waals surface area contributed by atoms with Gasteiger partial charge in [0.1, 0.15) is 11.8 Å². The SMILES string of the molecule is NC(Cc1ccc(Oc2ccc(/C=C3/OC(=O)NC3=O)cc2)c(F)c1)C(=O)O. The summed E-state index contributed by atoms with van der Waals surface area (Å²) in [6, 6.07) is 9.27. The van der Waals surface area contributed by atoms with Gasteiger partial charge >= 0.3 is 12.1 Å². The summed E-state index contributed by atoms with van der Waals surface area (Å²) in [6.45, 7) is 0. The number of halogens is 1. The zero-order valence-corrected chi connectivity index (χ0v) is 14.3. The van der Waals surface area contributed by atoms with Gasteiger partial charge in [0, 0.05) is 0 Å². The molecule has 3 rings (SSSR count). The smallest absolute Gasteiger partial charge is 0.419 e. The molecule has 0 aliphatic carbocycles. The van der Waals surface area contributed by atoms with Crippen molar-refractivity contribution >= 4 is 24.0 Å². The highest BCUT2D eigenvalue weighted by atomic mass is 19.1. The molecule has 1 aliphatic rings. The molecule has 0 aromatic heterocycles. The van der Waals surface area contributed by atoms with Gasteiger partial charge in [0.25, 0.3) is 5.91 Å². The average Bonchev–Trinajstić information content (AvgIpc) is 2.96. The molecule has 28 heavy (non-hydrogen) atoms. The van der Waals surface area contributed by atoms with E-state index >= 15 is 0 Å². The summed E-state index contributed by atoms with van der Waals surface area (Å²) in [5.41, 5.74) is 6.45. The highest BCUT2D eigenvalue weighted by Gasteiger charge is 2.25. The number of aliphatic carboxylic acids is 1. The minimum atomic E-state index is -1.17. The van der Waals surface area contributed by atoms with Crippen LogP contribution in [0.15, 0.2) is 48.2 Å². The third kappa shape index (κ3) is 4.51. The number of benzene rings is 2. The number of hydrogen-bond acceptors (Lipinski definition) is 6. The van der Waals surface area contributed by atoms with E-state index in [1.54, 1.807) is 24.3 Å². The molecule has 1 aliphatic heterocycles. The van der Waals surface area contributed by atoms with Crippen molar-refractivity contribution in [3.8, 4) is 11.5 Å². The Morgan fingerprint density at radius 2 is 1.96 bits per heavy atom. The molecule has 2 amide bonds.